The molecule has 1 saturated carbocycles. The number of carbonyl (C=O) groups is 2. The fourth-order valence-corrected chi connectivity index (χ4v) is 2.25. The number of aromatic amines is 2. The van der Waals surface area contributed by atoms with Crippen LogP contribution in [0.1, 0.15) is 65.1 Å². The summed E-state index contributed by atoms with van der Waals surface area (Å²) in [6.07, 6.45) is 5.21. The number of hydrogen-bond donors (Lipinski definition) is 3. The second-order valence-corrected chi connectivity index (χ2v) is 5.41. The zero-order valence-corrected chi connectivity index (χ0v) is 11.9. The zero-order chi connectivity index (χ0) is 14.8. The highest BCUT2D eigenvalue weighted by Gasteiger charge is 2.25. The Hall–Kier alpha value is -2.37. The molecule has 2 aromatic heterocycles. The molecule has 6 heteroatoms. The molecule has 0 atom stereocenters. The molecule has 0 radical (unpaired) electrons. The molecule has 0 saturated heterocycles. The summed E-state index contributed by atoms with van der Waals surface area (Å²) in [7, 11) is 0. The molecule has 0 bridgehead atoms. The summed E-state index contributed by atoms with van der Waals surface area (Å²) in [5.41, 5.74) is 1.98. The van der Waals surface area contributed by atoms with Crippen molar-refractivity contribution in [1.29, 1.82) is 0 Å². The van der Waals surface area contributed by atoms with Gasteiger partial charge >= 0.3 is 0 Å². The SMILES string of the molecule is CCCC(=O)c1c[nH]c(C(=O)Nc2cc(C3CC3)[nH]n2)c1. The van der Waals surface area contributed by atoms with Crippen LogP contribution in [0.2, 0.25) is 0 Å². The van der Waals surface area contributed by atoms with Crippen molar-refractivity contribution >= 4 is 17.5 Å². The average Bonchev–Trinajstić information content (AvgIpc) is 3.02. The minimum atomic E-state index is -0.292. The number of aromatic nitrogens is 3. The van der Waals surface area contributed by atoms with Crippen LogP contribution in [0.5, 0.6) is 0 Å². The highest BCUT2D eigenvalue weighted by Crippen LogP contribution is 2.39. The predicted molar refractivity (Wildman–Crippen MR) is 78.5 cm³/mol. The minimum Gasteiger partial charge on any atom is -0.356 e. The van der Waals surface area contributed by atoms with Crippen molar-refractivity contribution in [3.8, 4) is 0 Å². The second-order valence-electron chi connectivity index (χ2n) is 5.41. The molecule has 3 N–H and O–H groups in total. The quantitative estimate of drug-likeness (QED) is 0.713. The largest absolute Gasteiger partial charge is 0.356 e. The molecule has 1 aliphatic carbocycles. The van der Waals surface area contributed by atoms with Crippen LogP contribution in [0.25, 0.3) is 0 Å². The van der Waals surface area contributed by atoms with E-state index in [1.165, 1.54) is 12.8 Å². The summed E-state index contributed by atoms with van der Waals surface area (Å²) in [4.78, 5) is 26.7. The van der Waals surface area contributed by atoms with Gasteiger partial charge in [0.05, 0.1) is 0 Å². The molecule has 0 aromatic carbocycles. The van der Waals surface area contributed by atoms with E-state index in [0.717, 1.165) is 12.1 Å². The molecule has 0 unspecified atom stereocenters. The smallest absolute Gasteiger partial charge is 0.273 e. The number of ketones is 1. The Morgan fingerprint density at radius 2 is 2.19 bits per heavy atom. The van der Waals surface area contributed by atoms with E-state index >= 15 is 0 Å². The van der Waals surface area contributed by atoms with Crippen molar-refractivity contribution in [2.24, 2.45) is 0 Å². The minimum absolute atomic E-state index is 0.0450. The van der Waals surface area contributed by atoms with Crippen molar-refractivity contribution < 1.29 is 9.59 Å². The maximum Gasteiger partial charge on any atom is 0.273 e. The van der Waals surface area contributed by atoms with Gasteiger partial charge in [0, 0.05) is 35.9 Å². The first-order valence-corrected chi connectivity index (χ1v) is 7.25. The van der Waals surface area contributed by atoms with Crippen LogP contribution in [0.4, 0.5) is 5.82 Å². The van der Waals surface area contributed by atoms with Gasteiger partial charge in [-0.1, -0.05) is 6.92 Å². The first-order valence-electron chi connectivity index (χ1n) is 7.25. The summed E-state index contributed by atoms with van der Waals surface area (Å²) in [6, 6.07) is 3.45. The third-order valence-corrected chi connectivity index (χ3v) is 3.58. The number of nitrogens with one attached hydrogen (secondary N) is 3. The fourth-order valence-electron chi connectivity index (χ4n) is 2.25. The molecule has 1 fully saturated rings. The van der Waals surface area contributed by atoms with Gasteiger partial charge in [-0.3, -0.25) is 14.7 Å². The van der Waals surface area contributed by atoms with Gasteiger partial charge in [0.1, 0.15) is 5.69 Å². The standard InChI is InChI=1S/C15H18N4O2/c1-2-3-13(20)10-6-12(16-8-10)15(21)17-14-7-11(18-19-14)9-4-5-9/h6-9,16H,2-5H2,1H3,(H2,17,18,19,21). The van der Waals surface area contributed by atoms with Crippen LogP contribution in [0.15, 0.2) is 18.3 Å². The van der Waals surface area contributed by atoms with E-state index in [1.807, 2.05) is 13.0 Å². The highest BCUT2D eigenvalue weighted by atomic mass is 16.2. The molecule has 3 rings (SSSR count). The lowest BCUT2D eigenvalue weighted by Crippen LogP contribution is -2.12. The number of carbonyl (C=O) groups excluding carboxylic acids is 2. The predicted octanol–water partition coefficient (Wildman–Crippen LogP) is 2.85. The number of nitrogens with zero attached hydrogens (tertiary/aromatic N) is 1. The summed E-state index contributed by atoms with van der Waals surface area (Å²) in [5, 5.41) is 9.73. The summed E-state index contributed by atoms with van der Waals surface area (Å²) >= 11 is 0. The number of Topliss-reactive ketones (excluding diaryl/α,β-unsaturated/α-hetero) is 1. The molecule has 0 spiro atoms. The first-order chi connectivity index (χ1) is 10.2. The first kappa shape index (κ1) is 13.6. The monoisotopic (exact) mass is 286 g/mol. The lowest BCUT2D eigenvalue weighted by atomic mass is 10.1. The van der Waals surface area contributed by atoms with Gasteiger partial charge < -0.3 is 10.3 Å². The maximum absolute atomic E-state index is 12.1. The van der Waals surface area contributed by atoms with E-state index in [4.69, 9.17) is 0 Å². The van der Waals surface area contributed by atoms with Crippen molar-refractivity contribution in [2.45, 2.75) is 38.5 Å². The Bertz CT molecular complexity index is 667. The summed E-state index contributed by atoms with van der Waals surface area (Å²) in [5.74, 6) is 0.827. The molecule has 0 aliphatic heterocycles. The van der Waals surface area contributed by atoms with Crippen molar-refractivity contribution in [3.63, 3.8) is 0 Å². The molecule has 1 amide bonds. The van der Waals surface area contributed by atoms with Crippen LogP contribution in [-0.2, 0) is 0 Å². The second kappa shape index (κ2) is 5.55. The van der Waals surface area contributed by atoms with E-state index in [0.29, 0.717) is 29.4 Å². The van der Waals surface area contributed by atoms with Crippen LogP contribution in [0, 0.1) is 0 Å². The number of anilines is 1. The molecule has 2 heterocycles. The number of amides is 1. The van der Waals surface area contributed by atoms with Gasteiger partial charge in [-0.05, 0) is 25.3 Å². The van der Waals surface area contributed by atoms with E-state index in [-0.39, 0.29) is 11.7 Å². The molecule has 1 aliphatic rings. The summed E-state index contributed by atoms with van der Waals surface area (Å²) in [6.45, 7) is 1.95. The number of rotatable bonds is 6. The molecule has 2 aromatic rings. The third kappa shape index (κ3) is 3.04. The van der Waals surface area contributed by atoms with Gasteiger partial charge in [0.15, 0.2) is 11.6 Å². The van der Waals surface area contributed by atoms with Gasteiger partial charge in [-0.15, -0.1) is 0 Å². The maximum atomic E-state index is 12.1. The zero-order valence-electron chi connectivity index (χ0n) is 11.9. The van der Waals surface area contributed by atoms with Crippen LogP contribution in [-0.4, -0.2) is 26.9 Å². The van der Waals surface area contributed by atoms with Crippen LogP contribution < -0.4 is 5.32 Å². The molecular formula is C15H18N4O2. The topological polar surface area (TPSA) is 90.6 Å². The van der Waals surface area contributed by atoms with Gasteiger partial charge in [0.25, 0.3) is 5.91 Å². The normalized spacial score (nSPS) is 14.1. The fraction of sp³-hybridized carbons (Fsp3) is 0.400. The lowest BCUT2D eigenvalue weighted by molar-refractivity contribution is 0.0981. The molecule has 21 heavy (non-hydrogen) atoms. The van der Waals surface area contributed by atoms with Crippen molar-refractivity contribution in [1.82, 2.24) is 15.2 Å². The lowest BCUT2D eigenvalue weighted by Gasteiger charge is -1.98. The van der Waals surface area contributed by atoms with Crippen molar-refractivity contribution in [2.75, 3.05) is 5.32 Å². The molecule has 110 valence electrons. The number of hydrogen-bond acceptors (Lipinski definition) is 3. The third-order valence-electron chi connectivity index (χ3n) is 3.58. The Kier molecular flexibility index (Phi) is 3.60. The van der Waals surface area contributed by atoms with Crippen LogP contribution in [0.3, 0.4) is 0 Å². The summed E-state index contributed by atoms with van der Waals surface area (Å²) < 4.78 is 0. The number of H-pyrrole nitrogens is 2. The Labute approximate surface area is 122 Å². The Morgan fingerprint density at radius 3 is 2.90 bits per heavy atom. The van der Waals surface area contributed by atoms with E-state index in [9.17, 15) is 9.59 Å². The Morgan fingerprint density at radius 1 is 1.38 bits per heavy atom. The highest BCUT2D eigenvalue weighted by molar-refractivity contribution is 6.05. The molecular weight excluding hydrogens is 268 g/mol. The molecule has 6 nitrogen and oxygen atoms in total. The van der Waals surface area contributed by atoms with Crippen LogP contribution >= 0.6 is 0 Å². The van der Waals surface area contributed by atoms with E-state index in [2.05, 4.69) is 20.5 Å². The van der Waals surface area contributed by atoms with E-state index < -0.39 is 0 Å². The van der Waals surface area contributed by atoms with E-state index in [1.54, 1.807) is 12.3 Å². The van der Waals surface area contributed by atoms with Gasteiger partial charge in [-0.2, -0.15) is 5.10 Å². The van der Waals surface area contributed by atoms with Crippen molar-refractivity contribution in [3.05, 3.63) is 35.3 Å². The van der Waals surface area contributed by atoms with Gasteiger partial charge in [-0.25, -0.2) is 0 Å². The van der Waals surface area contributed by atoms with Gasteiger partial charge in [0.2, 0.25) is 0 Å². The average molecular weight is 286 g/mol. The Balaban J connectivity index is 1.65.